The van der Waals surface area contributed by atoms with Crippen molar-refractivity contribution in [2.24, 2.45) is 17.8 Å². The molecule has 0 aliphatic heterocycles. The molecular weight excluding hydrogens is 112 g/mol. The van der Waals surface area contributed by atoms with Gasteiger partial charge in [0.1, 0.15) is 0 Å². The Morgan fingerprint density at radius 1 is 1.67 bits per heavy atom. The molecule has 48 valence electrons. The van der Waals surface area contributed by atoms with E-state index in [0.717, 1.165) is 12.3 Å². The van der Waals surface area contributed by atoms with Crippen LogP contribution in [0.25, 0.3) is 0 Å². The predicted molar refractivity (Wildman–Crippen MR) is 34.9 cm³/mol. The first-order valence-corrected chi connectivity index (χ1v) is 3.51. The molecule has 0 aromatic heterocycles. The molecule has 0 radical (unpaired) electrons. The summed E-state index contributed by atoms with van der Waals surface area (Å²) in [6.45, 7) is 2.21. The van der Waals surface area contributed by atoms with Gasteiger partial charge in [0.25, 0.3) is 0 Å². The van der Waals surface area contributed by atoms with Gasteiger partial charge in [0, 0.05) is 5.92 Å². The summed E-state index contributed by atoms with van der Waals surface area (Å²) >= 11 is 0. The zero-order valence-electron chi connectivity index (χ0n) is 5.50. The molecule has 0 spiro atoms. The average Bonchev–Trinajstić information content (AvgIpc) is 2.07. The highest BCUT2D eigenvalue weighted by molar-refractivity contribution is 5.95. The van der Waals surface area contributed by atoms with E-state index in [1.54, 1.807) is 6.08 Å². The number of fused-ring (bicyclic) bond motifs is 1. The normalized spacial score (nSPS) is 46.8. The number of ketones is 1. The average molecular weight is 122 g/mol. The lowest BCUT2D eigenvalue weighted by atomic mass is 9.67. The Morgan fingerprint density at radius 2 is 2.44 bits per heavy atom. The van der Waals surface area contributed by atoms with Crippen LogP contribution in [0.2, 0.25) is 0 Å². The van der Waals surface area contributed by atoms with Crippen molar-refractivity contribution < 1.29 is 4.79 Å². The van der Waals surface area contributed by atoms with E-state index < -0.39 is 0 Å². The standard InChI is InChI=1S/C8H10O/c1-5-4-7-6(5)2-3-8(7)9/h2-3,5-7H,4H2,1H3. The van der Waals surface area contributed by atoms with Crippen molar-refractivity contribution in [2.75, 3.05) is 0 Å². The third kappa shape index (κ3) is 0.521. The molecule has 1 fully saturated rings. The molecule has 0 heterocycles. The molecule has 3 unspecified atom stereocenters. The van der Waals surface area contributed by atoms with Crippen LogP contribution in [0.15, 0.2) is 12.2 Å². The van der Waals surface area contributed by atoms with E-state index in [1.165, 1.54) is 0 Å². The molecule has 1 heteroatoms. The van der Waals surface area contributed by atoms with Crippen LogP contribution in [0.3, 0.4) is 0 Å². The zero-order chi connectivity index (χ0) is 6.43. The van der Waals surface area contributed by atoms with Crippen molar-refractivity contribution in [3.8, 4) is 0 Å². The topological polar surface area (TPSA) is 17.1 Å². The summed E-state index contributed by atoms with van der Waals surface area (Å²) < 4.78 is 0. The van der Waals surface area contributed by atoms with Gasteiger partial charge in [-0.25, -0.2) is 0 Å². The Morgan fingerprint density at radius 3 is 2.89 bits per heavy atom. The number of allylic oxidation sites excluding steroid dienone is 2. The minimum Gasteiger partial charge on any atom is -0.295 e. The smallest absolute Gasteiger partial charge is 0.159 e. The second-order valence-corrected chi connectivity index (χ2v) is 3.16. The lowest BCUT2D eigenvalue weighted by molar-refractivity contribution is -0.122. The molecule has 0 N–H and O–H groups in total. The fourth-order valence-electron chi connectivity index (χ4n) is 1.87. The van der Waals surface area contributed by atoms with E-state index in [2.05, 4.69) is 13.0 Å². The van der Waals surface area contributed by atoms with Gasteiger partial charge in [-0.2, -0.15) is 0 Å². The van der Waals surface area contributed by atoms with Gasteiger partial charge in [0.2, 0.25) is 0 Å². The minimum atomic E-state index is 0.359. The number of hydrogen-bond donors (Lipinski definition) is 0. The lowest BCUT2D eigenvalue weighted by Crippen LogP contribution is -2.34. The third-order valence-corrected chi connectivity index (χ3v) is 2.60. The van der Waals surface area contributed by atoms with Crippen LogP contribution in [-0.4, -0.2) is 5.78 Å². The van der Waals surface area contributed by atoms with Crippen molar-refractivity contribution in [1.82, 2.24) is 0 Å². The molecule has 0 amide bonds. The lowest BCUT2D eigenvalue weighted by Gasteiger charge is -2.36. The van der Waals surface area contributed by atoms with E-state index >= 15 is 0 Å². The van der Waals surface area contributed by atoms with Crippen LogP contribution in [0.1, 0.15) is 13.3 Å². The van der Waals surface area contributed by atoms with E-state index in [-0.39, 0.29) is 0 Å². The van der Waals surface area contributed by atoms with Gasteiger partial charge in [-0.1, -0.05) is 13.0 Å². The Balaban J connectivity index is 2.20. The van der Waals surface area contributed by atoms with E-state index in [4.69, 9.17) is 0 Å². The molecule has 2 aliphatic carbocycles. The van der Waals surface area contributed by atoms with E-state index in [0.29, 0.717) is 17.6 Å². The molecule has 0 aromatic rings. The second kappa shape index (κ2) is 1.47. The van der Waals surface area contributed by atoms with E-state index in [1.807, 2.05) is 0 Å². The van der Waals surface area contributed by atoms with Crippen LogP contribution in [0, 0.1) is 17.8 Å². The van der Waals surface area contributed by atoms with Gasteiger partial charge >= 0.3 is 0 Å². The van der Waals surface area contributed by atoms with Gasteiger partial charge in [0.15, 0.2) is 5.78 Å². The van der Waals surface area contributed by atoms with Crippen molar-refractivity contribution in [2.45, 2.75) is 13.3 Å². The third-order valence-electron chi connectivity index (χ3n) is 2.60. The largest absolute Gasteiger partial charge is 0.295 e. The molecule has 0 aromatic carbocycles. The molecular formula is C8H10O. The zero-order valence-corrected chi connectivity index (χ0v) is 5.50. The molecule has 2 rings (SSSR count). The van der Waals surface area contributed by atoms with E-state index in [9.17, 15) is 4.79 Å². The maximum Gasteiger partial charge on any atom is 0.159 e. The molecule has 1 nitrogen and oxygen atoms in total. The Labute approximate surface area is 54.8 Å². The minimum absolute atomic E-state index is 0.359. The number of carbonyl (C=O) groups excluding carboxylic acids is 1. The maximum absolute atomic E-state index is 10.9. The fourth-order valence-corrected chi connectivity index (χ4v) is 1.87. The highest BCUT2D eigenvalue weighted by Crippen LogP contribution is 2.44. The van der Waals surface area contributed by atoms with Gasteiger partial charge < -0.3 is 0 Å². The van der Waals surface area contributed by atoms with Gasteiger partial charge in [-0.05, 0) is 24.3 Å². The Hall–Kier alpha value is -0.590. The molecule has 1 saturated carbocycles. The van der Waals surface area contributed by atoms with Crippen molar-refractivity contribution >= 4 is 5.78 Å². The SMILES string of the molecule is CC1CC2C(=O)C=CC12. The Bertz CT molecular complexity index is 181. The van der Waals surface area contributed by atoms with Crippen LogP contribution in [-0.2, 0) is 4.79 Å². The molecule has 3 atom stereocenters. The quantitative estimate of drug-likeness (QED) is 0.474. The van der Waals surface area contributed by atoms with Crippen LogP contribution < -0.4 is 0 Å². The van der Waals surface area contributed by atoms with Gasteiger partial charge in [0.05, 0.1) is 0 Å². The number of carbonyl (C=O) groups is 1. The first-order chi connectivity index (χ1) is 4.29. The summed E-state index contributed by atoms with van der Waals surface area (Å²) in [5, 5.41) is 0. The Kier molecular flexibility index (Phi) is 0.850. The summed E-state index contributed by atoms with van der Waals surface area (Å²) in [5.41, 5.74) is 0. The first-order valence-electron chi connectivity index (χ1n) is 3.51. The second-order valence-electron chi connectivity index (χ2n) is 3.16. The maximum atomic E-state index is 10.9. The van der Waals surface area contributed by atoms with Gasteiger partial charge in [-0.15, -0.1) is 0 Å². The summed E-state index contributed by atoms with van der Waals surface area (Å²) in [6, 6.07) is 0. The first kappa shape index (κ1) is 5.21. The molecule has 0 bridgehead atoms. The fraction of sp³-hybridized carbons (Fsp3) is 0.625. The van der Waals surface area contributed by atoms with Crippen molar-refractivity contribution in [1.29, 1.82) is 0 Å². The van der Waals surface area contributed by atoms with Crippen LogP contribution in [0.4, 0.5) is 0 Å². The van der Waals surface area contributed by atoms with Crippen LogP contribution >= 0.6 is 0 Å². The molecule has 2 aliphatic rings. The van der Waals surface area contributed by atoms with Crippen LogP contribution in [0.5, 0.6) is 0 Å². The highest BCUT2D eigenvalue weighted by atomic mass is 16.1. The number of rotatable bonds is 0. The van der Waals surface area contributed by atoms with Gasteiger partial charge in [-0.3, -0.25) is 4.79 Å². The highest BCUT2D eigenvalue weighted by Gasteiger charge is 2.42. The summed E-state index contributed by atoms with van der Waals surface area (Å²) in [7, 11) is 0. The van der Waals surface area contributed by atoms with Crippen molar-refractivity contribution in [3.05, 3.63) is 12.2 Å². The predicted octanol–water partition coefficient (Wildman–Crippen LogP) is 1.40. The summed E-state index contributed by atoms with van der Waals surface area (Å²) in [4.78, 5) is 10.9. The summed E-state index contributed by atoms with van der Waals surface area (Å²) in [5.74, 6) is 2.12. The molecule has 0 saturated heterocycles. The monoisotopic (exact) mass is 122 g/mol. The number of hydrogen-bond acceptors (Lipinski definition) is 1. The summed E-state index contributed by atoms with van der Waals surface area (Å²) in [6.07, 6.45) is 4.94. The van der Waals surface area contributed by atoms with Crippen molar-refractivity contribution in [3.63, 3.8) is 0 Å². The molecule has 9 heavy (non-hydrogen) atoms.